The van der Waals surface area contributed by atoms with Crippen molar-refractivity contribution in [3.05, 3.63) is 52.8 Å². The molecular formula is C22H25ClN3O3. The predicted molar refractivity (Wildman–Crippen MR) is 114 cm³/mol. The van der Waals surface area contributed by atoms with Gasteiger partial charge in [-0.25, -0.2) is 10.3 Å². The van der Waals surface area contributed by atoms with Crippen molar-refractivity contribution >= 4 is 28.5 Å². The second kappa shape index (κ2) is 9.65. The third kappa shape index (κ3) is 5.21. The highest BCUT2D eigenvalue weighted by Crippen LogP contribution is 2.38. The molecule has 1 aromatic heterocycles. The molecular weight excluding hydrogens is 390 g/mol. The van der Waals surface area contributed by atoms with Gasteiger partial charge in [-0.2, -0.15) is 0 Å². The van der Waals surface area contributed by atoms with Crippen LogP contribution < -0.4 is 14.8 Å². The van der Waals surface area contributed by atoms with E-state index in [2.05, 4.69) is 22.2 Å². The van der Waals surface area contributed by atoms with E-state index in [0.717, 1.165) is 29.4 Å². The lowest BCUT2D eigenvalue weighted by Gasteiger charge is -2.15. The van der Waals surface area contributed by atoms with Crippen molar-refractivity contribution in [1.29, 1.82) is 0 Å². The first-order chi connectivity index (χ1) is 14.0. The first-order valence-corrected chi connectivity index (χ1v) is 9.93. The Labute approximate surface area is 175 Å². The van der Waals surface area contributed by atoms with E-state index in [-0.39, 0.29) is 18.4 Å². The molecule has 0 aliphatic heterocycles. The molecule has 0 spiro atoms. The number of imidazole rings is 1. The van der Waals surface area contributed by atoms with Gasteiger partial charge in [0.25, 0.3) is 0 Å². The number of carbonyl (C=O) groups is 1. The number of nitrogens with one attached hydrogen (secondary N) is 1. The molecule has 1 N–H and O–H groups in total. The Morgan fingerprint density at radius 1 is 1.21 bits per heavy atom. The van der Waals surface area contributed by atoms with Gasteiger partial charge in [0.2, 0.25) is 5.91 Å². The topological polar surface area (TPSA) is 78.3 Å². The second-order valence-electron chi connectivity index (χ2n) is 7.03. The van der Waals surface area contributed by atoms with Crippen LogP contribution in [0, 0.1) is 5.92 Å². The number of methoxy groups -OCH3 is 2. The summed E-state index contributed by atoms with van der Waals surface area (Å²) in [4.78, 5) is 19.8. The molecule has 7 heteroatoms. The minimum atomic E-state index is -0.115. The van der Waals surface area contributed by atoms with E-state index < -0.39 is 0 Å². The molecule has 1 radical (unpaired) electrons. The summed E-state index contributed by atoms with van der Waals surface area (Å²) in [7, 11) is 3.15. The zero-order valence-corrected chi connectivity index (χ0v) is 17.6. The van der Waals surface area contributed by atoms with Crippen molar-refractivity contribution in [3.8, 4) is 11.5 Å². The first-order valence-electron chi connectivity index (χ1n) is 9.55. The number of aromatic amines is 1. The number of aromatic nitrogens is 2. The van der Waals surface area contributed by atoms with E-state index in [0.29, 0.717) is 28.8 Å². The number of benzene rings is 2. The Hall–Kier alpha value is -2.73. The summed E-state index contributed by atoms with van der Waals surface area (Å²) in [5, 5.41) is 4.70. The third-order valence-electron chi connectivity index (χ3n) is 4.83. The van der Waals surface area contributed by atoms with Crippen LogP contribution in [0.25, 0.3) is 11.0 Å². The maximum atomic E-state index is 12.2. The third-order valence-corrected chi connectivity index (χ3v) is 5.24. The normalized spacial score (nSPS) is 12.0. The molecule has 0 saturated carbocycles. The van der Waals surface area contributed by atoms with Crippen LogP contribution in [0.5, 0.6) is 11.5 Å². The number of carbonyl (C=O) groups excluding carboxylic acids is 1. The maximum absolute atomic E-state index is 12.2. The first kappa shape index (κ1) is 21.0. The second-order valence-corrected chi connectivity index (χ2v) is 7.41. The van der Waals surface area contributed by atoms with Crippen molar-refractivity contribution in [2.75, 3.05) is 14.2 Å². The molecule has 153 valence electrons. The molecule has 1 amide bonds. The van der Waals surface area contributed by atoms with Gasteiger partial charge >= 0.3 is 0 Å². The van der Waals surface area contributed by atoms with Gasteiger partial charge in [0.05, 0.1) is 30.3 Å². The summed E-state index contributed by atoms with van der Waals surface area (Å²) in [6.45, 7) is 2.36. The molecule has 0 bridgehead atoms. The summed E-state index contributed by atoms with van der Waals surface area (Å²) in [5.41, 5.74) is 2.81. The molecule has 1 atom stereocenters. The predicted octanol–water partition coefficient (Wildman–Crippen LogP) is 4.52. The largest absolute Gasteiger partial charge is 0.493 e. The Bertz CT molecular complexity index is 954. The van der Waals surface area contributed by atoms with Gasteiger partial charge < -0.3 is 14.5 Å². The molecule has 3 aromatic rings. The summed E-state index contributed by atoms with van der Waals surface area (Å²) in [6, 6.07) is 11.5. The van der Waals surface area contributed by atoms with Gasteiger partial charge in [-0.3, -0.25) is 4.79 Å². The maximum Gasteiger partial charge on any atom is 0.241 e. The zero-order chi connectivity index (χ0) is 20.8. The fraction of sp³-hybridized carbons (Fsp3) is 0.364. The van der Waals surface area contributed by atoms with Crippen molar-refractivity contribution in [2.24, 2.45) is 5.92 Å². The summed E-state index contributed by atoms with van der Waals surface area (Å²) in [6.07, 6.45) is 1.87. The minimum absolute atomic E-state index is 0.115. The number of hydrogen-bond donors (Lipinski definition) is 1. The zero-order valence-electron chi connectivity index (χ0n) is 16.9. The number of ether oxygens (including phenoxy) is 2. The number of para-hydroxylation sites is 2. The van der Waals surface area contributed by atoms with Crippen molar-refractivity contribution in [1.82, 2.24) is 15.3 Å². The van der Waals surface area contributed by atoms with Crippen LogP contribution in [0.2, 0.25) is 5.02 Å². The van der Waals surface area contributed by atoms with E-state index in [1.165, 1.54) is 0 Å². The van der Waals surface area contributed by atoms with Crippen LogP contribution in [-0.2, 0) is 17.8 Å². The number of halogens is 1. The van der Waals surface area contributed by atoms with E-state index in [1.807, 2.05) is 36.4 Å². The quantitative estimate of drug-likeness (QED) is 0.558. The summed E-state index contributed by atoms with van der Waals surface area (Å²) < 4.78 is 10.6. The standard InChI is InChI=1S/C22H25ClN3O3/c1-14(12-15-9-10-18(28-2)22(29-3)21(15)23)8-11-20(27)24-13-19-25-16-6-4-5-7-17(16)26-19/h4-7,9-10,14H,8,11-13H2,1-3H3,(H,25,26). The van der Waals surface area contributed by atoms with Crippen molar-refractivity contribution < 1.29 is 14.3 Å². The lowest BCUT2D eigenvalue weighted by Crippen LogP contribution is -2.17. The molecule has 1 heterocycles. The highest BCUT2D eigenvalue weighted by molar-refractivity contribution is 6.33. The highest BCUT2D eigenvalue weighted by Gasteiger charge is 2.16. The molecule has 0 saturated heterocycles. The average molecular weight is 415 g/mol. The highest BCUT2D eigenvalue weighted by atomic mass is 35.5. The monoisotopic (exact) mass is 414 g/mol. The van der Waals surface area contributed by atoms with Crippen molar-refractivity contribution in [3.63, 3.8) is 0 Å². The Morgan fingerprint density at radius 2 is 2.00 bits per heavy atom. The molecule has 2 aromatic carbocycles. The van der Waals surface area contributed by atoms with Gasteiger partial charge in [-0.1, -0.05) is 36.7 Å². The molecule has 6 nitrogen and oxygen atoms in total. The van der Waals surface area contributed by atoms with E-state index >= 15 is 0 Å². The number of fused-ring (bicyclic) bond motifs is 1. The van der Waals surface area contributed by atoms with E-state index in [4.69, 9.17) is 21.1 Å². The van der Waals surface area contributed by atoms with Gasteiger partial charge in [-0.15, -0.1) is 0 Å². The van der Waals surface area contributed by atoms with Gasteiger partial charge in [0.15, 0.2) is 11.5 Å². The Kier molecular flexibility index (Phi) is 6.99. The number of nitrogens with zero attached hydrogens (tertiary/aromatic N) is 2. The smallest absolute Gasteiger partial charge is 0.241 e. The molecule has 0 aliphatic rings. The molecule has 0 fully saturated rings. The van der Waals surface area contributed by atoms with Crippen LogP contribution in [0.1, 0.15) is 31.2 Å². The van der Waals surface area contributed by atoms with Crippen LogP contribution in [0.4, 0.5) is 0 Å². The molecule has 1 unspecified atom stereocenters. The van der Waals surface area contributed by atoms with Gasteiger partial charge in [0, 0.05) is 6.42 Å². The van der Waals surface area contributed by atoms with Crippen LogP contribution >= 0.6 is 11.6 Å². The van der Waals surface area contributed by atoms with Crippen LogP contribution in [0.3, 0.4) is 0 Å². The summed E-state index contributed by atoms with van der Waals surface area (Å²) >= 11 is 6.45. The lowest BCUT2D eigenvalue weighted by atomic mass is 9.96. The minimum Gasteiger partial charge on any atom is -0.493 e. The summed E-state index contributed by atoms with van der Waals surface area (Å²) in [5.74, 6) is 2.00. The molecule has 3 rings (SSSR count). The Morgan fingerprint density at radius 3 is 2.72 bits per heavy atom. The van der Waals surface area contributed by atoms with Gasteiger partial charge in [-0.05, 0) is 42.5 Å². The number of hydrogen-bond acceptors (Lipinski definition) is 4. The molecule has 0 aliphatic carbocycles. The fourth-order valence-corrected chi connectivity index (χ4v) is 3.57. The van der Waals surface area contributed by atoms with E-state index in [9.17, 15) is 4.79 Å². The van der Waals surface area contributed by atoms with Crippen LogP contribution in [-0.4, -0.2) is 30.1 Å². The average Bonchev–Trinajstić information content (AvgIpc) is 3.15. The van der Waals surface area contributed by atoms with Gasteiger partial charge in [0.1, 0.15) is 12.4 Å². The lowest BCUT2D eigenvalue weighted by molar-refractivity contribution is -0.121. The molecule has 29 heavy (non-hydrogen) atoms. The number of H-pyrrole nitrogens is 1. The number of rotatable bonds is 9. The fourth-order valence-electron chi connectivity index (χ4n) is 3.26. The van der Waals surface area contributed by atoms with Crippen molar-refractivity contribution in [2.45, 2.75) is 32.7 Å². The van der Waals surface area contributed by atoms with Crippen LogP contribution in [0.15, 0.2) is 36.4 Å². The number of amides is 1. The Balaban J connectivity index is 1.48. The SMILES string of the molecule is COc1ccc(CC(C)CCC(=O)[N]Cc2nc3ccccc3[nH]2)c(Cl)c1OC. The van der Waals surface area contributed by atoms with E-state index in [1.54, 1.807) is 14.2 Å².